The molecule has 8 heavy (non-hydrogen) atoms. The lowest BCUT2D eigenvalue weighted by Gasteiger charge is -2.04. The summed E-state index contributed by atoms with van der Waals surface area (Å²) in [6, 6.07) is 0. The van der Waals surface area contributed by atoms with Gasteiger partial charge in [-0.1, -0.05) is 0 Å². The maximum Gasteiger partial charge on any atom is 0.0490 e. The first kappa shape index (κ1) is 6.09. The molecule has 47 valence electrons. The van der Waals surface area contributed by atoms with Crippen molar-refractivity contribution in [3.8, 4) is 0 Å². The second kappa shape index (κ2) is 3.08. The van der Waals surface area contributed by atoms with Gasteiger partial charge in [0.05, 0.1) is 0 Å². The van der Waals surface area contributed by atoms with Crippen molar-refractivity contribution in [1.82, 2.24) is 0 Å². The molecule has 1 aliphatic carbocycles. The van der Waals surface area contributed by atoms with Crippen LogP contribution in [0.5, 0.6) is 0 Å². The molecule has 0 amide bonds. The fraction of sp³-hybridized carbons (Fsp3) is 0.857. The molecular formula is C7H13O. The highest BCUT2D eigenvalue weighted by molar-refractivity contribution is 4.79. The van der Waals surface area contributed by atoms with Gasteiger partial charge < -0.3 is 4.74 Å². The van der Waals surface area contributed by atoms with Crippen LogP contribution < -0.4 is 0 Å². The van der Waals surface area contributed by atoms with Crippen LogP contribution in [0.25, 0.3) is 0 Å². The third-order valence-electron chi connectivity index (χ3n) is 1.68. The molecule has 1 unspecified atom stereocenters. The van der Waals surface area contributed by atoms with Crippen molar-refractivity contribution in [2.75, 3.05) is 13.7 Å². The Labute approximate surface area is 51.0 Å². The van der Waals surface area contributed by atoms with Crippen molar-refractivity contribution in [1.29, 1.82) is 0 Å². The molecule has 1 saturated carbocycles. The predicted octanol–water partition coefficient (Wildman–Crippen LogP) is 1.64. The van der Waals surface area contributed by atoms with Crippen molar-refractivity contribution in [2.24, 2.45) is 5.92 Å². The van der Waals surface area contributed by atoms with Crippen molar-refractivity contribution in [2.45, 2.75) is 19.3 Å². The van der Waals surface area contributed by atoms with Crippen molar-refractivity contribution in [3.63, 3.8) is 0 Å². The van der Waals surface area contributed by atoms with Crippen LogP contribution in [-0.4, -0.2) is 13.7 Å². The molecule has 1 fully saturated rings. The zero-order valence-corrected chi connectivity index (χ0v) is 5.39. The molecule has 1 rings (SSSR count). The topological polar surface area (TPSA) is 9.23 Å². The number of rotatable bonds is 2. The van der Waals surface area contributed by atoms with Crippen LogP contribution in [0.3, 0.4) is 0 Å². The maximum absolute atomic E-state index is 5.01. The second-order valence-corrected chi connectivity index (χ2v) is 2.42. The number of ether oxygens (including phenoxy) is 1. The van der Waals surface area contributed by atoms with E-state index in [9.17, 15) is 0 Å². The first-order valence-electron chi connectivity index (χ1n) is 3.24. The van der Waals surface area contributed by atoms with Gasteiger partial charge in [-0.2, -0.15) is 0 Å². The number of hydrogen-bond donors (Lipinski definition) is 0. The van der Waals surface area contributed by atoms with Gasteiger partial charge in [0.15, 0.2) is 0 Å². The molecule has 0 aromatic carbocycles. The Balaban J connectivity index is 2.06. The summed E-state index contributed by atoms with van der Waals surface area (Å²) >= 11 is 0. The third kappa shape index (κ3) is 1.48. The van der Waals surface area contributed by atoms with Gasteiger partial charge in [-0.15, -0.1) is 0 Å². The van der Waals surface area contributed by atoms with Crippen molar-refractivity contribution in [3.05, 3.63) is 6.42 Å². The molecule has 0 aliphatic heterocycles. The van der Waals surface area contributed by atoms with Gasteiger partial charge >= 0.3 is 0 Å². The summed E-state index contributed by atoms with van der Waals surface area (Å²) in [5.74, 6) is 0.833. The lowest BCUT2D eigenvalue weighted by molar-refractivity contribution is 0.156. The molecule has 1 radical (unpaired) electrons. The molecule has 1 heteroatoms. The van der Waals surface area contributed by atoms with E-state index in [1.54, 1.807) is 7.11 Å². The van der Waals surface area contributed by atoms with Gasteiger partial charge in [-0.05, 0) is 31.6 Å². The van der Waals surface area contributed by atoms with Crippen LogP contribution in [0.1, 0.15) is 19.3 Å². The normalized spacial score (nSPS) is 22.1. The van der Waals surface area contributed by atoms with E-state index >= 15 is 0 Å². The third-order valence-corrected chi connectivity index (χ3v) is 1.68. The highest BCUT2D eigenvalue weighted by Crippen LogP contribution is 2.23. The zero-order valence-electron chi connectivity index (χ0n) is 5.39. The fourth-order valence-corrected chi connectivity index (χ4v) is 1.21. The van der Waals surface area contributed by atoms with Crippen LogP contribution in [0.2, 0.25) is 0 Å². The van der Waals surface area contributed by atoms with Crippen LogP contribution in [-0.2, 0) is 4.74 Å². The average molecular weight is 113 g/mol. The van der Waals surface area contributed by atoms with Crippen LogP contribution >= 0.6 is 0 Å². The minimum Gasteiger partial charge on any atom is -0.384 e. The first-order chi connectivity index (χ1) is 3.93. The van der Waals surface area contributed by atoms with E-state index in [0.29, 0.717) is 0 Å². The second-order valence-electron chi connectivity index (χ2n) is 2.42. The summed E-state index contributed by atoms with van der Waals surface area (Å²) in [5.41, 5.74) is 0. The molecular weight excluding hydrogens is 100 g/mol. The van der Waals surface area contributed by atoms with E-state index in [1.807, 2.05) is 0 Å². The average Bonchev–Trinajstić information content (AvgIpc) is 2.19. The number of methoxy groups -OCH3 is 1. The zero-order chi connectivity index (χ0) is 5.82. The summed E-state index contributed by atoms with van der Waals surface area (Å²) in [5, 5.41) is 0. The van der Waals surface area contributed by atoms with Crippen molar-refractivity contribution < 1.29 is 4.74 Å². The lowest BCUT2D eigenvalue weighted by Crippen LogP contribution is -2.01. The molecule has 0 bridgehead atoms. The highest BCUT2D eigenvalue weighted by atomic mass is 16.5. The van der Waals surface area contributed by atoms with Crippen molar-refractivity contribution >= 4 is 0 Å². The van der Waals surface area contributed by atoms with Gasteiger partial charge in [0, 0.05) is 13.7 Å². The summed E-state index contributed by atoms with van der Waals surface area (Å²) < 4.78 is 5.01. The molecule has 1 aliphatic rings. The standard InChI is InChI=1S/C7H13O/c1-8-6-7-4-2-3-5-7/h2,7H,3-6H2,1H3. The summed E-state index contributed by atoms with van der Waals surface area (Å²) in [6.45, 7) is 0.955. The Morgan fingerprint density at radius 2 is 2.62 bits per heavy atom. The van der Waals surface area contributed by atoms with E-state index in [2.05, 4.69) is 6.42 Å². The van der Waals surface area contributed by atoms with Gasteiger partial charge in [0.25, 0.3) is 0 Å². The largest absolute Gasteiger partial charge is 0.384 e. The van der Waals surface area contributed by atoms with E-state index in [4.69, 9.17) is 4.74 Å². The van der Waals surface area contributed by atoms with Crippen LogP contribution in [0.4, 0.5) is 0 Å². The molecule has 0 N–H and O–H groups in total. The SMILES string of the molecule is COCC1C[CH]CC1. The Hall–Kier alpha value is -0.0400. The smallest absolute Gasteiger partial charge is 0.0490 e. The molecule has 0 aromatic heterocycles. The summed E-state index contributed by atoms with van der Waals surface area (Å²) in [6.07, 6.45) is 6.26. The molecule has 0 saturated heterocycles. The minimum atomic E-state index is 0.833. The maximum atomic E-state index is 5.01. The van der Waals surface area contributed by atoms with Crippen LogP contribution in [0, 0.1) is 12.3 Å². The van der Waals surface area contributed by atoms with Gasteiger partial charge in [-0.3, -0.25) is 0 Å². The molecule has 1 atom stereocenters. The highest BCUT2D eigenvalue weighted by Gasteiger charge is 2.13. The molecule has 0 spiro atoms. The van der Waals surface area contributed by atoms with E-state index in [-0.39, 0.29) is 0 Å². The van der Waals surface area contributed by atoms with Gasteiger partial charge in [0.1, 0.15) is 0 Å². The Morgan fingerprint density at radius 1 is 1.75 bits per heavy atom. The monoisotopic (exact) mass is 113 g/mol. The quantitative estimate of drug-likeness (QED) is 0.529. The lowest BCUT2D eigenvalue weighted by atomic mass is 10.1. The summed E-state index contributed by atoms with van der Waals surface area (Å²) in [4.78, 5) is 0. The predicted molar refractivity (Wildman–Crippen MR) is 33.5 cm³/mol. The van der Waals surface area contributed by atoms with E-state index in [1.165, 1.54) is 19.3 Å². The van der Waals surface area contributed by atoms with E-state index in [0.717, 1.165) is 12.5 Å². The molecule has 0 heterocycles. The minimum absolute atomic E-state index is 0.833. The molecule has 1 nitrogen and oxygen atoms in total. The fourth-order valence-electron chi connectivity index (χ4n) is 1.21. The Morgan fingerprint density at radius 3 is 3.12 bits per heavy atom. The first-order valence-corrected chi connectivity index (χ1v) is 3.24. The number of hydrogen-bond acceptors (Lipinski definition) is 1. The van der Waals surface area contributed by atoms with Gasteiger partial charge in [-0.25, -0.2) is 0 Å². The Bertz CT molecular complexity index is 55.4. The molecule has 0 aromatic rings. The Kier molecular flexibility index (Phi) is 2.34. The van der Waals surface area contributed by atoms with Gasteiger partial charge in [0.2, 0.25) is 0 Å². The van der Waals surface area contributed by atoms with E-state index < -0.39 is 0 Å². The summed E-state index contributed by atoms with van der Waals surface area (Å²) in [7, 11) is 1.78. The van der Waals surface area contributed by atoms with Crippen LogP contribution in [0.15, 0.2) is 0 Å².